The summed E-state index contributed by atoms with van der Waals surface area (Å²) in [6.07, 6.45) is 11.2. The molecule has 3 heterocycles. The van der Waals surface area contributed by atoms with E-state index in [4.69, 9.17) is 4.74 Å². The van der Waals surface area contributed by atoms with Crippen LogP contribution in [0.2, 0.25) is 0 Å². The molecular formula is C27H34N2O. The van der Waals surface area contributed by atoms with E-state index in [2.05, 4.69) is 64.6 Å². The van der Waals surface area contributed by atoms with Crippen LogP contribution in [-0.4, -0.2) is 36.1 Å². The van der Waals surface area contributed by atoms with Gasteiger partial charge in [0.05, 0.1) is 13.2 Å². The van der Waals surface area contributed by atoms with E-state index >= 15 is 0 Å². The lowest BCUT2D eigenvalue weighted by molar-refractivity contribution is 0.0185. The van der Waals surface area contributed by atoms with Gasteiger partial charge >= 0.3 is 0 Å². The van der Waals surface area contributed by atoms with Crippen molar-refractivity contribution in [1.82, 2.24) is 9.88 Å². The van der Waals surface area contributed by atoms with Crippen LogP contribution in [0.25, 0.3) is 10.9 Å². The first-order valence-electron chi connectivity index (χ1n) is 11.8. The fraction of sp³-hybridized carbons (Fsp3) is 0.481. The molecule has 0 aliphatic carbocycles. The molecule has 1 fully saturated rings. The maximum Gasteiger partial charge on any atom is 0.0720 e. The molecule has 1 saturated heterocycles. The Morgan fingerprint density at radius 1 is 0.900 bits per heavy atom. The normalized spacial score (nSPS) is 18.7. The molecule has 0 atom stereocenters. The molecule has 0 bridgehead atoms. The molecule has 3 heteroatoms. The Kier molecular flexibility index (Phi) is 5.92. The van der Waals surface area contributed by atoms with Crippen LogP contribution in [0.3, 0.4) is 0 Å². The summed E-state index contributed by atoms with van der Waals surface area (Å²) in [5.41, 5.74) is 5.98. The maximum atomic E-state index is 5.99. The molecule has 2 aliphatic rings. The number of aryl methyl sites for hydroxylation is 1. The fourth-order valence-electron chi connectivity index (χ4n) is 5.56. The predicted octanol–water partition coefficient (Wildman–Crippen LogP) is 5.83. The van der Waals surface area contributed by atoms with Crippen LogP contribution in [0, 0.1) is 0 Å². The molecular weight excluding hydrogens is 368 g/mol. The van der Waals surface area contributed by atoms with E-state index in [1.165, 1.54) is 86.6 Å². The third kappa shape index (κ3) is 4.06. The van der Waals surface area contributed by atoms with E-state index in [0.717, 1.165) is 13.2 Å². The van der Waals surface area contributed by atoms with E-state index in [1.54, 1.807) is 5.56 Å². The molecule has 2 aliphatic heterocycles. The third-order valence-corrected chi connectivity index (χ3v) is 7.38. The van der Waals surface area contributed by atoms with E-state index in [0.29, 0.717) is 0 Å². The average molecular weight is 403 g/mol. The van der Waals surface area contributed by atoms with Crippen molar-refractivity contribution >= 4 is 10.9 Å². The molecule has 0 radical (unpaired) electrons. The summed E-state index contributed by atoms with van der Waals surface area (Å²) in [5, 5.41) is 1.40. The molecule has 0 amide bonds. The summed E-state index contributed by atoms with van der Waals surface area (Å²) in [4.78, 5) is 6.08. The second-order valence-corrected chi connectivity index (χ2v) is 9.30. The number of fused-ring (bicyclic) bond motifs is 3. The molecule has 1 N–H and O–H groups in total. The molecule has 3 aromatic rings. The number of hydrogen-bond acceptors (Lipinski definition) is 2. The highest BCUT2D eigenvalue weighted by molar-refractivity contribution is 5.82. The summed E-state index contributed by atoms with van der Waals surface area (Å²) in [6, 6.07) is 17.6. The number of aromatic amines is 1. The number of benzene rings is 2. The number of unbranched alkanes of at least 4 members (excludes halogenated alkanes) is 3. The van der Waals surface area contributed by atoms with Gasteiger partial charge in [-0.05, 0) is 74.5 Å². The molecule has 158 valence electrons. The number of likely N-dealkylation sites (tertiary alicyclic amines) is 1. The van der Waals surface area contributed by atoms with Gasteiger partial charge in [-0.15, -0.1) is 0 Å². The SMILES string of the molecule is c1ccc2c(c1)COCC21CCN(CCCCCCc2c[nH]c3ccccc23)CC1. The van der Waals surface area contributed by atoms with Gasteiger partial charge in [0.2, 0.25) is 0 Å². The van der Waals surface area contributed by atoms with E-state index in [9.17, 15) is 0 Å². The zero-order valence-corrected chi connectivity index (χ0v) is 18.0. The van der Waals surface area contributed by atoms with Crippen LogP contribution in [0.5, 0.6) is 0 Å². The van der Waals surface area contributed by atoms with Crippen LogP contribution < -0.4 is 0 Å². The largest absolute Gasteiger partial charge is 0.376 e. The summed E-state index contributed by atoms with van der Waals surface area (Å²) in [5.74, 6) is 0. The van der Waals surface area contributed by atoms with Gasteiger partial charge in [-0.25, -0.2) is 0 Å². The molecule has 1 aromatic heterocycles. The van der Waals surface area contributed by atoms with E-state index < -0.39 is 0 Å². The molecule has 1 spiro atoms. The van der Waals surface area contributed by atoms with Crippen molar-refractivity contribution in [3.63, 3.8) is 0 Å². The van der Waals surface area contributed by atoms with Gasteiger partial charge in [0.15, 0.2) is 0 Å². The summed E-state index contributed by atoms with van der Waals surface area (Å²) in [7, 11) is 0. The monoisotopic (exact) mass is 402 g/mol. The number of para-hydroxylation sites is 1. The highest BCUT2D eigenvalue weighted by Gasteiger charge is 2.39. The Morgan fingerprint density at radius 3 is 2.63 bits per heavy atom. The number of nitrogens with zero attached hydrogens (tertiary/aromatic N) is 1. The number of piperidine rings is 1. The number of nitrogens with one attached hydrogen (secondary N) is 1. The Balaban J connectivity index is 1.03. The first-order chi connectivity index (χ1) is 14.8. The van der Waals surface area contributed by atoms with Crippen LogP contribution in [-0.2, 0) is 23.2 Å². The summed E-state index contributed by atoms with van der Waals surface area (Å²) in [6.45, 7) is 5.39. The van der Waals surface area contributed by atoms with Gasteiger partial charge in [0.25, 0.3) is 0 Å². The first kappa shape index (κ1) is 19.8. The third-order valence-electron chi connectivity index (χ3n) is 7.38. The second kappa shape index (κ2) is 8.95. The molecule has 0 saturated carbocycles. The Labute approximate surface area is 180 Å². The minimum Gasteiger partial charge on any atom is -0.376 e. The highest BCUT2D eigenvalue weighted by atomic mass is 16.5. The van der Waals surface area contributed by atoms with Crippen molar-refractivity contribution in [1.29, 1.82) is 0 Å². The van der Waals surface area contributed by atoms with Crippen LogP contribution in [0.1, 0.15) is 55.2 Å². The van der Waals surface area contributed by atoms with Crippen molar-refractivity contribution in [3.05, 3.63) is 71.4 Å². The standard InChI is InChI=1S/C27H34N2O/c1(3-9-22-19-28-26-13-7-5-11-24(22)26)2-8-16-29-17-14-27(15-18-29)21-30-20-23-10-4-6-12-25(23)27/h4-7,10-13,19,28H,1-3,8-9,14-18,20-21H2. The average Bonchev–Trinajstić information content (AvgIpc) is 3.21. The number of aromatic nitrogens is 1. The highest BCUT2D eigenvalue weighted by Crippen LogP contribution is 2.40. The smallest absolute Gasteiger partial charge is 0.0720 e. The Morgan fingerprint density at radius 2 is 1.70 bits per heavy atom. The van der Waals surface area contributed by atoms with Crippen LogP contribution in [0.4, 0.5) is 0 Å². The van der Waals surface area contributed by atoms with E-state index in [-0.39, 0.29) is 5.41 Å². The zero-order chi connectivity index (χ0) is 20.2. The molecule has 30 heavy (non-hydrogen) atoms. The molecule has 2 aromatic carbocycles. The minimum atomic E-state index is 0.269. The summed E-state index contributed by atoms with van der Waals surface area (Å²) >= 11 is 0. The van der Waals surface area contributed by atoms with Gasteiger partial charge in [-0.3, -0.25) is 0 Å². The van der Waals surface area contributed by atoms with Crippen molar-refractivity contribution < 1.29 is 4.74 Å². The Bertz CT molecular complexity index is 968. The first-order valence-corrected chi connectivity index (χ1v) is 11.8. The molecule has 0 unspecified atom stereocenters. The lowest BCUT2D eigenvalue weighted by Crippen LogP contribution is -2.47. The maximum absolute atomic E-state index is 5.99. The fourth-order valence-corrected chi connectivity index (χ4v) is 5.56. The van der Waals surface area contributed by atoms with Gasteiger partial charge in [-0.1, -0.05) is 55.3 Å². The van der Waals surface area contributed by atoms with Crippen molar-refractivity contribution in [2.75, 3.05) is 26.2 Å². The number of H-pyrrole nitrogens is 1. The van der Waals surface area contributed by atoms with Gasteiger partial charge in [0, 0.05) is 22.5 Å². The van der Waals surface area contributed by atoms with Gasteiger partial charge in [0.1, 0.15) is 0 Å². The topological polar surface area (TPSA) is 28.3 Å². The summed E-state index contributed by atoms with van der Waals surface area (Å²) < 4.78 is 5.99. The van der Waals surface area contributed by atoms with Crippen molar-refractivity contribution in [2.45, 2.75) is 57.0 Å². The lowest BCUT2D eigenvalue weighted by Gasteiger charge is -2.45. The van der Waals surface area contributed by atoms with Crippen molar-refractivity contribution in [3.8, 4) is 0 Å². The number of hydrogen-bond donors (Lipinski definition) is 1. The number of rotatable bonds is 7. The molecule has 5 rings (SSSR count). The second-order valence-electron chi connectivity index (χ2n) is 9.30. The van der Waals surface area contributed by atoms with Gasteiger partial charge < -0.3 is 14.6 Å². The minimum absolute atomic E-state index is 0.269. The van der Waals surface area contributed by atoms with Crippen LogP contribution >= 0.6 is 0 Å². The zero-order valence-electron chi connectivity index (χ0n) is 18.0. The quantitative estimate of drug-likeness (QED) is 0.503. The number of ether oxygens (including phenoxy) is 1. The van der Waals surface area contributed by atoms with E-state index in [1.807, 2.05) is 0 Å². The Hall–Kier alpha value is -2.10. The predicted molar refractivity (Wildman–Crippen MR) is 124 cm³/mol. The van der Waals surface area contributed by atoms with Gasteiger partial charge in [-0.2, -0.15) is 0 Å². The van der Waals surface area contributed by atoms with Crippen molar-refractivity contribution in [2.24, 2.45) is 0 Å². The molecule has 3 nitrogen and oxygen atoms in total. The van der Waals surface area contributed by atoms with Crippen LogP contribution in [0.15, 0.2) is 54.7 Å². The lowest BCUT2D eigenvalue weighted by atomic mass is 9.70.